The number of ether oxygens (including phenoxy) is 3. The van der Waals surface area contributed by atoms with Gasteiger partial charge >= 0.3 is 5.97 Å². The summed E-state index contributed by atoms with van der Waals surface area (Å²) in [6.45, 7) is 4.22. The summed E-state index contributed by atoms with van der Waals surface area (Å²) in [4.78, 5) is 25.2. The van der Waals surface area contributed by atoms with E-state index in [2.05, 4.69) is 19.2 Å². The average molecular weight is 421 g/mol. The van der Waals surface area contributed by atoms with Gasteiger partial charge in [0.2, 0.25) is 0 Å². The van der Waals surface area contributed by atoms with Gasteiger partial charge in [-0.3, -0.25) is 4.79 Å². The van der Waals surface area contributed by atoms with Gasteiger partial charge in [0, 0.05) is 35.4 Å². The van der Waals surface area contributed by atoms with Crippen molar-refractivity contribution in [2.24, 2.45) is 5.41 Å². The van der Waals surface area contributed by atoms with Crippen LogP contribution in [0.5, 0.6) is 11.5 Å². The number of methoxy groups -OCH3 is 3. The Bertz CT molecular complexity index is 1080. The summed E-state index contributed by atoms with van der Waals surface area (Å²) in [7, 11) is 4.56. The standard InChI is InChI=1S/C25H27NO5/c1-25(2)12-18-23(19(27)13-25)22(14-6-8-15(9-7-14)24(28)31-5)16-10-20(29-3)21(30-4)11-17(16)26-18/h6-11,22,26H,12-13H2,1-5H3. The van der Waals surface area contributed by atoms with Crippen LogP contribution in [0.25, 0.3) is 0 Å². The van der Waals surface area contributed by atoms with Crippen LogP contribution in [0.4, 0.5) is 5.69 Å². The first-order valence-corrected chi connectivity index (χ1v) is 10.3. The van der Waals surface area contributed by atoms with Gasteiger partial charge in [0.25, 0.3) is 0 Å². The molecule has 6 nitrogen and oxygen atoms in total. The lowest BCUT2D eigenvalue weighted by molar-refractivity contribution is -0.118. The molecule has 2 aliphatic rings. The first-order chi connectivity index (χ1) is 14.8. The van der Waals surface area contributed by atoms with Crippen molar-refractivity contribution >= 4 is 17.4 Å². The Balaban J connectivity index is 1.90. The number of hydrogen-bond acceptors (Lipinski definition) is 6. The predicted molar refractivity (Wildman–Crippen MR) is 118 cm³/mol. The van der Waals surface area contributed by atoms with Gasteiger partial charge in [0.15, 0.2) is 17.3 Å². The largest absolute Gasteiger partial charge is 0.493 e. The zero-order chi connectivity index (χ0) is 22.3. The molecule has 1 atom stereocenters. The van der Waals surface area contributed by atoms with Gasteiger partial charge in [0.05, 0.1) is 26.9 Å². The lowest BCUT2D eigenvalue weighted by Crippen LogP contribution is -2.33. The molecule has 0 spiro atoms. The van der Waals surface area contributed by atoms with Crippen molar-refractivity contribution in [1.82, 2.24) is 0 Å². The van der Waals surface area contributed by atoms with E-state index in [0.29, 0.717) is 23.5 Å². The maximum atomic E-state index is 13.3. The first kappa shape index (κ1) is 21.0. The Morgan fingerprint density at radius 2 is 1.65 bits per heavy atom. The molecule has 1 aliphatic heterocycles. The molecular weight excluding hydrogens is 394 g/mol. The third-order valence-corrected chi connectivity index (χ3v) is 6.03. The van der Waals surface area contributed by atoms with Crippen molar-refractivity contribution in [2.45, 2.75) is 32.6 Å². The summed E-state index contributed by atoms with van der Waals surface area (Å²) in [5.74, 6) is 0.715. The highest BCUT2D eigenvalue weighted by Gasteiger charge is 2.41. The fraction of sp³-hybridized carbons (Fsp3) is 0.360. The number of allylic oxidation sites excluding steroid dienone is 2. The molecule has 0 amide bonds. The molecule has 1 N–H and O–H groups in total. The Labute approximate surface area is 182 Å². The third-order valence-electron chi connectivity index (χ3n) is 6.03. The van der Waals surface area contributed by atoms with Crippen molar-refractivity contribution in [3.05, 3.63) is 64.4 Å². The molecule has 1 heterocycles. The summed E-state index contributed by atoms with van der Waals surface area (Å²) in [6, 6.07) is 11.1. The molecule has 2 aromatic carbocycles. The monoisotopic (exact) mass is 421 g/mol. The van der Waals surface area contributed by atoms with Crippen LogP contribution < -0.4 is 14.8 Å². The van der Waals surface area contributed by atoms with Crippen LogP contribution in [0, 0.1) is 5.41 Å². The molecule has 0 bridgehead atoms. The summed E-state index contributed by atoms with van der Waals surface area (Å²) in [5, 5.41) is 3.50. The van der Waals surface area contributed by atoms with Gasteiger partial charge in [-0.1, -0.05) is 26.0 Å². The van der Waals surface area contributed by atoms with Crippen LogP contribution in [0.3, 0.4) is 0 Å². The van der Waals surface area contributed by atoms with E-state index < -0.39 is 0 Å². The molecular formula is C25H27NO5. The number of esters is 1. The maximum absolute atomic E-state index is 13.3. The number of carbonyl (C=O) groups is 2. The zero-order valence-corrected chi connectivity index (χ0v) is 18.5. The van der Waals surface area contributed by atoms with E-state index in [0.717, 1.165) is 34.5 Å². The minimum Gasteiger partial charge on any atom is -0.493 e. The van der Waals surface area contributed by atoms with E-state index in [1.165, 1.54) is 7.11 Å². The second-order valence-electron chi connectivity index (χ2n) is 8.80. The number of anilines is 1. The summed E-state index contributed by atoms with van der Waals surface area (Å²) < 4.78 is 15.8. The Morgan fingerprint density at radius 1 is 1.00 bits per heavy atom. The first-order valence-electron chi connectivity index (χ1n) is 10.3. The Morgan fingerprint density at radius 3 is 2.26 bits per heavy atom. The maximum Gasteiger partial charge on any atom is 0.337 e. The highest BCUT2D eigenvalue weighted by Crippen LogP contribution is 2.51. The highest BCUT2D eigenvalue weighted by molar-refractivity contribution is 6.02. The van der Waals surface area contributed by atoms with E-state index in [4.69, 9.17) is 14.2 Å². The van der Waals surface area contributed by atoms with Crippen LogP contribution in [-0.4, -0.2) is 33.1 Å². The van der Waals surface area contributed by atoms with Gasteiger partial charge in [-0.15, -0.1) is 0 Å². The molecule has 0 fully saturated rings. The van der Waals surface area contributed by atoms with Crippen molar-refractivity contribution in [1.29, 1.82) is 0 Å². The quantitative estimate of drug-likeness (QED) is 0.722. The number of fused-ring (bicyclic) bond motifs is 1. The lowest BCUT2D eigenvalue weighted by atomic mass is 9.68. The molecule has 0 saturated heterocycles. The van der Waals surface area contributed by atoms with E-state index >= 15 is 0 Å². The fourth-order valence-electron chi connectivity index (χ4n) is 4.62. The molecule has 1 unspecified atom stereocenters. The molecule has 6 heteroatoms. The Hall–Kier alpha value is -3.28. The van der Waals surface area contributed by atoms with Gasteiger partial charge in [-0.2, -0.15) is 0 Å². The molecule has 1 aliphatic carbocycles. The SMILES string of the molecule is COC(=O)c1ccc(C2C3=C(CC(C)(C)CC3=O)Nc3cc(OC)c(OC)cc32)cc1. The average Bonchev–Trinajstić information content (AvgIpc) is 2.75. The fourth-order valence-corrected chi connectivity index (χ4v) is 4.62. The number of rotatable bonds is 4. The van der Waals surface area contributed by atoms with E-state index in [-0.39, 0.29) is 23.1 Å². The van der Waals surface area contributed by atoms with Gasteiger partial charge in [0.1, 0.15) is 0 Å². The van der Waals surface area contributed by atoms with Crippen LogP contribution in [-0.2, 0) is 9.53 Å². The van der Waals surface area contributed by atoms with Crippen molar-refractivity contribution in [3.63, 3.8) is 0 Å². The summed E-state index contributed by atoms with van der Waals surface area (Å²) in [6.07, 6.45) is 1.27. The minimum atomic E-state index is -0.390. The van der Waals surface area contributed by atoms with Crippen LogP contribution in [0.15, 0.2) is 47.7 Å². The lowest BCUT2D eigenvalue weighted by Gasteiger charge is -2.39. The molecule has 162 valence electrons. The third kappa shape index (κ3) is 3.67. The molecule has 0 aromatic heterocycles. The number of nitrogens with one attached hydrogen (secondary N) is 1. The molecule has 31 heavy (non-hydrogen) atoms. The number of carbonyl (C=O) groups excluding carboxylic acids is 2. The molecule has 0 radical (unpaired) electrons. The van der Waals surface area contributed by atoms with E-state index in [1.54, 1.807) is 26.4 Å². The second-order valence-corrected chi connectivity index (χ2v) is 8.80. The summed E-state index contributed by atoms with van der Waals surface area (Å²) >= 11 is 0. The normalized spacial score (nSPS) is 19.1. The number of Topliss-reactive ketones (excluding diaryl/α,β-unsaturated/α-hetero) is 1. The summed E-state index contributed by atoms with van der Waals surface area (Å²) in [5.41, 5.74) is 4.85. The van der Waals surface area contributed by atoms with Gasteiger partial charge < -0.3 is 19.5 Å². The zero-order valence-electron chi connectivity index (χ0n) is 18.5. The minimum absolute atomic E-state index is 0.115. The van der Waals surface area contributed by atoms with Crippen molar-refractivity contribution < 1.29 is 23.8 Å². The van der Waals surface area contributed by atoms with Crippen LogP contribution in [0.2, 0.25) is 0 Å². The smallest absolute Gasteiger partial charge is 0.337 e. The van der Waals surface area contributed by atoms with Gasteiger partial charge in [-0.05, 0) is 41.2 Å². The molecule has 2 aromatic rings. The van der Waals surface area contributed by atoms with Gasteiger partial charge in [-0.25, -0.2) is 4.79 Å². The van der Waals surface area contributed by atoms with Crippen molar-refractivity contribution in [3.8, 4) is 11.5 Å². The van der Waals surface area contributed by atoms with E-state index in [1.807, 2.05) is 24.3 Å². The highest BCUT2D eigenvalue weighted by atomic mass is 16.5. The van der Waals surface area contributed by atoms with Crippen LogP contribution in [0.1, 0.15) is 54.1 Å². The predicted octanol–water partition coefficient (Wildman–Crippen LogP) is 4.69. The van der Waals surface area contributed by atoms with Crippen molar-refractivity contribution in [2.75, 3.05) is 26.6 Å². The number of ketones is 1. The van der Waals surface area contributed by atoms with E-state index in [9.17, 15) is 9.59 Å². The molecule has 0 saturated carbocycles. The number of benzene rings is 2. The number of hydrogen-bond donors (Lipinski definition) is 1. The topological polar surface area (TPSA) is 73.9 Å². The van der Waals surface area contributed by atoms with Crippen LogP contribution >= 0.6 is 0 Å². The Kier molecular flexibility index (Phi) is 5.25. The molecule has 4 rings (SSSR count). The second kappa shape index (κ2) is 7.76.